The lowest BCUT2D eigenvalue weighted by Gasteiger charge is -2.46. The third kappa shape index (κ3) is 9.76. The molecule has 4 aliphatic heterocycles. The van der Waals surface area contributed by atoms with Gasteiger partial charge in [0, 0.05) is 43.2 Å². The highest BCUT2D eigenvalue weighted by Crippen LogP contribution is 2.66. The molecular weight excluding hydrogens is 1520 g/mol. The highest BCUT2D eigenvalue weighted by atomic mass is 31.2. The van der Waals surface area contributed by atoms with Crippen LogP contribution in [0.4, 0.5) is 34.1 Å². The smallest absolute Gasteiger partial charge is 0.181 e. The Bertz CT molecular complexity index is 7030. The van der Waals surface area contributed by atoms with Crippen LogP contribution in [0.5, 0.6) is 0 Å². The number of hydrogen-bond acceptors (Lipinski definition) is 4. The van der Waals surface area contributed by atoms with Crippen LogP contribution in [-0.2, 0) is 20.0 Å². The maximum Gasteiger partial charge on any atom is 0.181 e. The van der Waals surface area contributed by atoms with Gasteiger partial charge in [0.05, 0.1) is 33.6 Å². The lowest BCUT2D eigenvalue weighted by Crippen LogP contribution is -2.82. The molecule has 4 heterocycles. The van der Waals surface area contributed by atoms with Crippen molar-refractivity contribution < 1.29 is 9.13 Å². The number of anilines is 6. The van der Waals surface area contributed by atoms with Crippen molar-refractivity contribution in [3.05, 3.63) is 505 Å². The quantitative estimate of drug-likeness (QED) is 0.112. The van der Waals surface area contributed by atoms with Gasteiger partial charge < -0.3 is 18.9 Å². The van der Waals surface area contributed by atoms with Gasteiger partial charge in [-0.15, -0.1) is 0 Å². The largest absolute Gasteiger partial charge is 0.310 e. The van der Waals surface area contributed by atoms with E-state index < -0.39 is 41.3 Å². The summed E-state index contributed by atoms with van der Waals surface area (Å²) in [5, 5.41) is 15.3. The molecule has 2 atom stereocenters. The molecule has 4 nitrogen and oxygen atoms in total. The van der Waals surface area contributed by atoms with Crippen LogP contribution >= 0.6 is 14.3 Å². The number of fused-ring (bicyclic) bond motifs is 22. The van der Waals surface area contributed by atoms with Crippen molar-refractivity contribution in [3.63, 3.8) is 0 Å². The molecule has 120 heavy (non-hydrogen) atoms. The van der Waals surface area contributed by atoms with Gasteiger partial charge in [0.25, 0.3) is 0 Å². The molecule has 0 fully saturated rings. The molecule has 18 aromatic rings. The molecule has 2 spiro atoms. The third-order valence-electron chi connectivity index (χ3n) is 26.9. The first kappa shape index (κ1) is 71.7. The molecule has 6 aliphatic rings. The van der Waals surface area contributed by atoms with E-state index >= 15 is 9.13 Å². The van der Waals surface area contributed by atoms with Crippen LogP contribution in [-0.4, -0.2) is 16.1 Å². The van der Waals surface area contributed by atoms with Gasteiger partial charge in [-0.3, -0.25) is 0 Å². The molecule has 8 heteroatoms. The maximum absolute atomic E-state index is 16.6. The Kier molecular flexibility index (Phi) is 16.5. The molecule has 24 rings (SSSR count). The molecular formula is C112H80N2O2P2Si2. The van der Waals surface area contributed by atoms with Gasteiger partial charge in [-0.25, -0.2) is 0 Å². The molecule has 2 aliphatic carbocycles. The second-order valence-electron chi connectivity index (χ2n) is 32.7. The molecule has 0 saturated heterocycles. The summed E-state index contributed by atoms with van der Waals surface area (Å²) in [6.07, 6.45) is 0. The van der Waals surface area contributed by atoms with Crippen LogP contribution < -0.4 is 83.1 Å². The molecule has 2 unspecified atom stereocenters. The summed E-state index contributed by atoms with van der Waals surface area (Å²) in [6, 6.07) is 164. The molecule has 0 saturated carbocycles. The summed E-state index contributed by atoms with van der Waals surface area (Å²) in [7, 11) is -12.9. The van der Waals surface area contributed by atoms with Crippen molar-refractivity contribution in [1.29, 1.82) is 0 Å². The van der Waals surface area contributed by atoms with E-state index in [4.69, 9.17) is 0 Å². The normalized spacial score (nSPS) is 17.1. The van der Waals surface area contributed by atoms with Crippen LogP contribution in [0.2, 0.25) is 0 Å². The Balaban J connectivity index is 0.000000140. The molecule has 0 amide bonds. The fourth-order valence-electron chi connectivity index (χ4n) is 22.3. The molecule has 0 bridgehead atoms. The summed E-state index contributed by atoms with van der Waals surface area (Å²) in [5.41, 5.74) is 23.6. The molecule has 0 N–H and O–H groups in total. The fourth-order valence-corrected chi connectivity index (χ4v) is 41.6. The highest BCUT2D eigenvalue weighted by molar-refractivity contribution is 7.87. The summed E-state index contributed by atoms with van der Waals surface area (Å²) >= 11 is 0. The van der Waals surface area contributed by atoms with E-state index in [1.54, 1.807) is 0 Å². The van der Waals surface area contributed by atoms with Gasteiger partial charge in [-0.05, 0) is 183 Å². The van der Waals surface area contributed by atoms with Crippen molar-refractivity contribution in [3.8, 4) is 22.3 Å². The fraction of sp³-hybridized carbons (Fsp3) is 0.0357. The minimum absolute atomic E-state index is 0.500. The van der Waals surface area contributed by atoms with Crippen molar-refractivity contribution in [2.24, 2.45) is 0 Å². The Hall–Kier alpha value is -13.5. The number of para-hydroxylation sites is 2. The van der Waals surface area contributed by atoms with Gasteiger partial charge in [-0.1, -0.05) is 399 Å². The lowest BCUT2D eigenvalue weighted by molar-refractivity contribution is 0.591. The van der Waals surface area contributed by atoms with E-state index in [9.17, 15) is 0 Å². The average Bonchev–Trinajstić information content (AvgIpc) is 1.31. The second-order valence-corrected chi connectivity index (χ2v) is 45.6. The zero-order chi connectivity index (χ0) is 80.1. The van der Waals surface area contributed by atoms with Gasteiger partial charge in [-0.2, -0.15) is 0 Å². The summed E-state index contributed by atoms with van der Waals surface area (Å²) in [6.45, 7) is 4.43. The van der Waals surface area contributed by atoms with E-state index in [1.165, 1.54) is 119 Å². The lowest BCUT2D eigenvalue weighted by atomic mass is 9.64. The topological polar surface area (TPSA) is 40.6 Å². The minimum atomic E-state index is -3.35. The predicted octanol–water partition coefficient (Wildman–Crippen LogP) is 18.9. The standard InChI is InChI=1S/C57H42NOPSi.C55H38NOPSi/c1-39-30-33-51-49(36-39)57(47-26-14-12-24-45(47)46-25-13-15-27-48(46)57)50-37-40(2)31-34-52(50)58(51)41-32-35-54-56(38-41)61(43-20-8-4-9-21-43,44-22-10-5-11-23-44)55-29-17-16-28-53(55)60(54,59)42-18-6-3-7-19-42;57-58(40-20-4-1-5-21-40)51-34-18-19-35-53(51)59(41-22-6-2-7-23-41,42-24-8-3-9-25-42)54-38-39(36-37-52(54)58)56-49-32-16-14-30-47(49)55(48-31-15-17-33-50(48)56)45-28-12-10-26-43(45)44-27-11-13-29-46(44)55/h3-38H,1-2H3;1-38H. The van der Waals surface area contributed by atoms with Crippen LogP contribution in [0, 0.1) is 13.8 Å². The minimum Gasteiger partial charge on any atom is -0.310 e. The number of nitrogens with zero attached hydrogens (tertiary/aromatic N) is 2. The average molecular weight is 1600 g/mol. The van der Waals surface area contributed by atoms with E-state index in [-0.39, 0.29) is 0 Å². The van der Waals surface area contributed by atoms with Crippen LogP contribution in [0.1, 0.15) is 55.6 Å². The van der Waals surface area contributed by atoms with E-state index in [1.807, 2.05) is 36.4 Å². The Labute approximate surface area is 703 Å². The van der Waals surface area contributed by atoms with Crippen LogP contribution in [0.25, 0.3) is 22.3 Å². The SMILES string of the molecule is Cc1ccc2c(c1)C1(c3ccccc3-c3ccccc31)c1cc(C)ccc1N2c1ccc2c(c1)[Si](c1ccccc1)(c1ccccc1)c1ccccc1P2(=O)c1ccccc1.O=P1(c2ccccc2)c2ccccc2[Si](c2ccccc2)(c2ccccc2)c2cc(N3c4ccccc4C4(c5ccccc5-c5ccccc54)c4ccccc43)ccc21. The predicted molar refractivity (Wildman–Crippen MR) is 507 cm³/mol. The van der Waals surface area contributed by atoms with E-state index in [0.717, 1.165) is 66.0 Å². The third-order valence-corrected chi connectivity index (χ3v) is 43.8. The van der Waals surface area contributed by atoms with Crippen molar-refractivity contribution in [2.45, 2.75) is 24.7 Å². The van der Waals surface area contributed by atoms with Gasteiger partial charge in [0.1, 0.15) is 0 Å². The van der Waals surface area contributed by atoms with Gasteiger partial charge in [0.2, 0.25) is 0 Å². The Morgan fingerprint density at radius 3 is 0.817 bits per heavy atom. The highest BCUT2D eigenvalue weighted by Gasteiger charge is 2.58. The van der Waals surface area contributed by atoms with Crippen molar-refractivity contribution in [1.82, 2.24) is 0 Å². The summed E-state index contributed by atoms with van der Waals surface area (Å²) in [4.78, 5) is 4.98. The first-order valence-corrected chi connectivity index (χ1v) is 49.0. The Morgan fingerprint density at radius 1 is 0.217 bits per heavy atom. The zero-order valence-corrected chi connectivity index (χ0v) is 70.1. The number of aryl methyl sites for hydroxylation is 2. The van der Waals surface area contributed by atoms with E-state index in [0.29, 0.717) is 0 Å². The van der Waals surface area contributed by atoms with Gasteiger partial charge >= 0.3 is 0 Å². The molecule has 568 valence electrons. The number of hydrogen-bond donors (Lipinski definition) is 0. The van der Waals surface area contributed by atoms with E-state index in [2.05, 4.69) is 436 Å². The molecule has 0 aromatic heterocycles. The first-order valence-electron chi connectivity index (χ1n) is 41.6. The number of rotatable bonds is 8. The molecule has 0 radical (unpaired) electrons. The van der Waals surface area contributed by atoms with Crippen LogP contribution in [0.15, 0.2) is 449 Å². The second kappa shape index (κ2) is 27.5. The zero-order valence-electron chi connectivity index (χ0n) is 66.3. The Morgan fingerprint density at radius 2 is 0.475 bits per heavy atom. The summed E-state index contributed by atoms with van der Waals surface area (Å²) in [5.74, 6) is 0. The van der Waals surface area contributed by atoms with Crippen molar-refractivity contribution >= 4 is 138 Å². The van der Waals surface area contributed by atoms with Crippen molar-refractivity contribution in [2.75, 3.05) is 9.80 Å². The monoisotopic (exact) mass is 1600 g/mol. The number of benzene rings is 18. The van der Waals surface area contributed by atoms with Crippen LogP contribution in [0.3, 0.4) is 0 Å². The first-order chi connectivity index (χ1) is 59.1. The molecule has 18 aromatic carbocycles. The maximum atomic E-state index is 16.6. The summed E-state index contributed by atoms with van der Waals surface area (Å²) < 4.78 is 33.1. The van der Waals surface area contributed by atoms with Gasteiger partial charge in [0.15, 0.2) is 30.4 Å².